The fraction of sp³-hybridized carbons (Fsp3) is 0.333. The van der Waals surface area contributed by atoms with Crippen LogP contribution in [-0.2, 0) is 14.3 Å². The van der Waals surface area contributed by atoms with E-state index in [2.05, 4.69) is 54.6 Å². The lowest BCUT2D eigenvalue weighted by molar-refractivity contribution is -0.167. The van der Waals surface area contributed by atoms with E-state index in [1.165, 1.54) is 32.3 Å². The van der Waals surface area contributed by atoms with Gasteiger partial charge >= 0.3 is 11.9 Å². The number of hydrogen-bond donors (Lipinski definition) is 2. The zero-order valence-corrected chi connectivity index (χ0v) is 26.9. The number of carbonyl (C=O) groups excluding carboxylic acids is 2. The summed E-state index contributed by atoms with van der Waals surface area (Å²) in [5, 5.41) is 21.7. The van der Waals surface area contributed by atoms with Gasteiger partial charge in [-0.15, -0.1) is 0 Å². The Morgan fingerprint density at radius 2 is 1.29 bits per heavy atom. The third-order valence-corrected chi connectivity index (χ3v) is 9.43. The van der Waals surface area contributed by atoms with Gasteiger partial charge in [-0.2, -0.15) is 0 Å². The molecule has 2 atom stereocenters. The van der Waals surface area contributed by atoms with E-state index in [4.69, 9.17) is 15.2 Å². The molecule has 6 rings (SSSR count). The molecular formula is C39H41NO5. The van der Waals surface area contributed by atoms with Gasteiger partial charge in [-0.1, -0.05) is 81.4 Å². The molecule has 0 aliphatic carbocycles. The lowest BCUT2D eigenvalue weighted by atomic mass is 9.63. The zero-order chi connectivity index (χ0) is 32.3. The van der Waals surface area contributed by atoms with Crippen LogP contribution in [0.1, 0.15) is 58.3 Å². The van der Waals surface area contributed by atoms with Crippen LogP contribution in [0, 0.1) is 10.8 Å². The maximum absolute atomic E-state index is 13.4. The molecule has 0 saturated heterocycles. The van der Waals surface area contributed by atoms with E-state index in [0.717, 1.165) is 21.5 Å². The molecule has 2 unspecified atom stereocenters. The van der Waals surface area contributed by atoms with Gasteiger partial charge in [-0.05, 0) is 105 Å². The van der Waals surface area contributed by atoms with E-state index < -0.39 is 34.4 Å². The summed E-state index contributed by atoms with van der Waals surface area (Å²) in [4.78, 5) is 26.6. The van der Waals surface area contributed by atoms with E-state index in [1.807, 2.05) is 59.7 Å². The highest BCUT2D eigenvalue weighted by molar-refractivity contribution is 6.33. The zero-order valence-electron chi connectivity index (χ0n) is 26.9. The SMILES string of the molecule is CC(C)(N)CC(C)(C(=O)OCC(O)COC(=O)c1cccc2c1cc1ccc3c4ccccc4cc4ccc2c1c43)C(C)(C)C. The molecule has 0 bridgehead atoms. The second kappa shape index (κ2) is 11.0. The molecule has 0 spiro atoms. The predicted molar refractivity (Wildman–Crippen MR) is 183 cm³/mol. The topological polar surface area (TPSA) is 98.9 Å². The van der Waals surface area contributed by atoms with Gasteiger partial charge in [0, 0.05) is 5.54 Å². The molecule has 3 N–H and O–H groups in total. The molecule has 0 aliphatic heterocycles. The molecule has 0 heterocycles. The standard InChI is InChI=1S/C39H41NO5/c1-37(2,3)39(6,22-38(4,5)40)36(43)45-21-26(41)20-44-35(42)31-13-9-12-28-30-17-14-24-18-23-10-7-8-11-27(23)29-16-15-25(19-32(28)31)34(30)33(24)29/h7-19,26,41H,20-22,40H2,1-6H3. The minimum Gasteiger partial charge on any atom is -0.462 e. The molecule has 6 heteroatoms. The van der Waals surface area contributed by atoms with Crippen LogP contribution in [0.4, 0.5) is 0 Å². The van der Waals surface area contributed by atoms with Crippen molar-refractivity contribution in [2.45, 2.75) is 59.6 Å². The Kier molecular flexibility index (Phi) is 7.50. The molecule has 0 amide bonds. The van der Waals surface area contributed by atoms with Crippen LogP contribution in [0.5, 0.6) is 0 Å². The van der Waals surface area contributed by atoms with Crippen molar-refractivity contribution in [1.82, 2.24) is 0 Å². The van der Waals surface area contributed by atoms with Gasteiger partial charge in [0.1, 0.15) is 19.3 Å². The van der Waals surface area contributed by atoms with Gasteiger partial charge in [0.2, 0.25) is 0 Å². The van der Waals surface area contributed by atoms with Gasteiger partial charge < -0.3 is 20.3 Å². The molecule has 232 valence electrons. The van der Waals surface area contributed by atoms with Crippen molar-refractivity contribution in [2.75, 3.05) is 13.2 Å². The predicted octanol–water partition coefficient (Wildman–Crippen LogP) is 8.13. The van der Waals surface area contributed by atoms with Crippen LogP contribution in [0.3, 0.4) is 0 Å². The molecule has 6 nitrogen and oxygen atoms in total. The van der Waals surface area contributed by atoms with Gasteiger partial charge in [0.15, 0.2) is 0 Å². The molecule has 45 heavy (non-hydrogen) atoms. The van der Waals surface area contributed by atoms with Crippen LogP contribution in [0.15, 0.2) is 78.9 Å². The van der Waals surface area contributed by atoms with E-state index in [9.17, 15) is 14.7 Å². The summed E-state index contributed by atoms with van der Waals surface area (Å²) in [6.45, 7) is 10.9. The monoisotopic (exact) mass is 603 g/mol. The number of nitrogens with two attached hydrogens (primary N) is 1. The molecule has 0 aromatic heterocycles. The van der Waals surface area contributed by atoms with Crippen LogP contribution < -0.4 is 5.73 Å². The first-order chi connectivity index (χ1) is 21.2. The highest BCUT2D eigenvalue weighted by atomic mass is 16.6. The average Bonchev–Trinajstić information content (AvgIpc) is 2.98. The Morgan fingerprint density at radius 1 is 0.689 bits per heavy atom. The molecule has 0 aliphatic rings. The average molecular weight is 604 g/mol. The number of aliphatic hydroxyl groups excluding tert-OH is 1. The summed E-state index contributed by atoms with van der Waals surface area (Å²) in [6, 6.07) is 26.9. The van der Waals surface area contributed by atoms with Gasteiger partial charge in [-0.3, -0.25) is 4.79 Å². The summed E-state index contributed by atoms with van der Waals surface area (Å²) >= 11 is 0. The smallest absolute Gasteiger partial charge is 0.338 e. The van der Waals surface area contributed by atoms with Gasteiger partial charge in [-0.25, -0.2) is 4.79 Å². The third kappa shape index (κ3) is 5.47. The number of esters is 2. The first kappa shape index (κ1) is 30.8. The Balaban J connectivity index is 1.24. The summed E-state index contributed by atoms with van der Waals surface area (Å²) < 4.78 is 11.1. The third-order valence-electron chi connectivity index (χ3n) is 9.43. The van der Waals surface area contributed by atoms with E-state index in [1.54, 1.807) is 6.07 Å². The van der Waals surface area contributed by atoms with Crippen molar-refractivity contribution in [3.8, 4) is 0 Å². The molecule has 0 radical (unpaired) electrons. The van der Waals surface area contributed by atoms with Gasteiger partial charge in [0.25, 0.3) is 0 Å². The minimum absolute atomic E-state index is 0.290. The number of fused-ring (bicyclic) bond motifs is 4. The van der Waals surface area contributed by atoms with E-state index in [-0.39, 0.29) is 13.2 Å². The Morgan fingerprint density at radius 3 is 1.96 bits per heavy atom. The Hall–Kier alpha value is -4.26. The summed E-state index contributed by atoms with van der Waals surface area (Å²) in [5.74, 6) is -0.986. The van der Waals surface area contributed by atoms with Crippen LogP contribution >= 0.6 is 0 Å². The van der Waals surface area contributed by atoms with Crippen molar-refractivity contribution in [1.29, 1.82) is 0 Å². The second-order valence-electron chi connectivity index (χ2n) is 14.4. The van der Waals surface area contributed by atoms with Crippen molar-refractivity contribution >= 4 is 65.8 Å². The number of aliphatic hydroxyl groups is 1. The number of hydrogen-bond acceptors (Lipinski definition) is 6. The van der Waals surface area contributed by atoms with Crippen molar-refractivity contribution in [3.05, 3.63) is 84.4 Å². The summed E-state index contributed by atoms with van der Waals surface area (Å²) in [6.07, 6.45) is -0.763. The number of carbonyl (C=O) groups is 2. The molecule has 0 saturated carbocycles. The first-order valence-electron chi connectivity index (χ1n) is 15.5. The van der Waals surface area contributed by atoms with E-state index >= 15 is 0 Å². The molecular weight excluding hydrogens is 562 g/mol. The van der Waals surface area contributed by atoms with Crippen LogP contribution in [0.2, 0.25) is 0 Å². The quantitative estimate of drug-likeness (QED) is 0.104. The lowest BCUT2D eigenvalue weighted by Gasteiger charge is -2.43. The normalized spacial score (nSPS) is 14.8. The maximum atomic E-state index is 13.4. The number of ether oxygens (including phenoxy) is 2. The van der Waals surface area contributed by atoms with Crippen LogP contribution in [0.25, 0.3) is 53.9 Å². The number of benzene rings is 6. The lowest BCUT2D eigenvalue weighted by Crippen LogP contribution is -2.49. The fourth-order valence-electron chi connectivity index (χ4n) is 6.75. The van der Waals surface area contributed by atoms with Gasteiger partial charge in [0.05, 0.1) is 11.0 Å². The molecule has 6 aromatic carbocycles. The second-order valence-corrected chi connectivity index (χ2v) is 14.4. The van der Waals surface area contributed by atoms with Crippen LogP contribution in [-0.4, -0.2) is 41.9 Å². The largest absolute Gasteiger partial charge is 0.462 e. The summed E-state index contributed by atoms with van der Waals surface area (Å²) in [7, 11) is 0. The summed E-state index contributed by atoms with van der Waals surface area (Å²) in [5.41, 5.74) is 4.80. The highest BCUT2D eigenvalue weighted by Gasteiger charge is 2.48. The maximum Gasteiger partial charge on any atom is 0.338 e. The van der Waals surface area contributed by atoms with Crippen molar-refractivity contribution in [3.63, 3.8) is 0 Å². The van der Waals surface area contributed by atoms with Crippen molar-refractivity contribution in [2.24, 2.45) is 16.6 Å². The van der Waals surface area contributed by atoms with E-state index in [0.29, 0.717) is 12.0 Å². The Bertz CT molecular complexity index is 2080. The fourth-order valence-corrected chi connectivity index (χ4v) is 6.75. The minimum atomic E-state index is -1.17. The highest BCUT2D eigenvalue weighted by Crippen LogP contribution is 2.45. The van der Waals surface area contributed by atoms with Crippen molar-refractivity contribution < 1.29 is 24.2 Å². The number of rotatable bonds is 8. The Labute approximate surface area is 263 Å². The molecule has 0 fully saturated rings. The first-order valence-corrected chi connectivity index (χ1v) is 15.5. The molecule has 6 aromatic rings.